The summed E-state index contributed by atoms with van der Waals surface area (Å²) in [7, 11) is -3.93. The number of hydrogen-bond acceptors (Lipinski definition) is 5. The Labute approximate surface area is 111 Å². The minimum Gasteiger partial charge on any atom is -0.290 e. The first-order valence-electron chi connectivity index (χ1n) is 5.46. The first-order chi connectivity index (χ1) is 8.97. The van der Waals surface area contributed by atoms with Crippen LogP contribution < -0.4 is 0 Å². The van der Waals surface area contributed by atoms with Gasteiger partial charge in [0.2, 0.25) is 0 Å². The van der Waals surface area contributed by atoms with E-state index < -0.39 is 10.1 Å². The number of hydrogen-bond donors (Lipinski definition) is 0. The molecule has 6 heteroatoms. The Kier molecular flexibility index (Phi) is 3.62. The number of carbonyl (C=O) groups is 1. The van der Waals surface area contributed by atoms with E-state index >= 15 is 0 Å². The molecule has 0 fully saturated rings. The monoisotopic (exact) mass is 277 g/mol. The lowest BCUT2D eigenvalue weighted by atomic mass is 10.2. The molecule has 98 valence electrons. The summed E-state index contributed by atoms with van der Waals surface area (Å²) in [5.41, 5.74) is 1.21. The van der Waals surface area contributed by atoms with Gasteiger partial charge in [-0.15, -0.1) is 0 Å². The minimum absolute atomic E-state index is 0.0299. The largest absolute Gasteiger partial charge is 0.358 e. The maximum absolute atomic E-state index is 11.8. The maximum Gasteiger partial charge on any atom is 0.358 e. The van der Waals surface area contributed by atoms with Gasteiger partial charge < -0.3 is 0 Å². The fourth-order valence-corrected chi connectivity index (χ4v) is 2.09. The third-order valence-electron chi connectivity index (χ3n) is 2.39. The average Bonchev–Trinajstić information content (AvgIpc) is 2.39. The zero-order valence-corrected chi connectivity index (χ0v) is 10.9. The molecule has 0 aliphatic heterocycles. The summed E-state index contributed by atoms with van der Waals surface area (Å²) in [5.74, 6) is -0.180. The van der Waals surface area contributed by atoms with Crippen LogP contribution in [0.2, 0.25) is 0 Å². The van der Waals surface area contributed by atoms with E-state index in [9.17, 15) is 13.2 Å². The standard InChI is InChI=1S/C13H11NO4S/c1-10-2-8-13(9-3-10)19(16,17)18-14-11-4-6-12(15)7-5-11/h2-9H,1H3. The zero-order valence-electron chi connectivity index (χ0n) is 10.1. The van der Waals surface area contributed by atoms with Gasteiger partial charge in [0, 0.05) is 0 Å². The molecule has 19 heavy (non-hydrogen) atoms. The quantitative estimate of drug-likeness (QED) is 0.623. The fraction of sp³-hybridized carbons (Fsp3) is 0.0769. The Bertz CT molecular complexity index is 664. The first-order valence-corrected chi connectivity index (χ1v) is 6.87. The number of rotatable bonds is 3. The van der Waals surface area contributed by atoms with Crippen LogP contribution in [0.4, 0.5) is 0 Å². The first kappa shape index (κ1) is 13.2. The number of oxime groups is 1. The summed E-state index contributed by atoms with van der Waals surface area (Å²) < 4.78 is 28.2. The molecule has 1 aliphatic rings. The highest BCUT2D eigenvalue weighted by Crippen LogP contribution is 2.13. The van der Waals surface area contributed by atoms with Gasteiger partial charge in [-0.05, 0) is 43.4 Å². The highest BCUT2D eigenvalue weighted by molar-refractivity contribution is 7.86. The van der Waals surface area contributed by atoms with Crippen molar-refractivity contribution in [2.24, 2.45) is 5.16 Å². The SMILES string of the molecule is Cc1ccc(S(=O)(=O)ON=C2C=CC(=O)C=C2)cc1. The smallest absolute Gasteiger partial charge is 0.290 e. The van der Waals surface area contributed by atoms with Gasteiger partial charge in [-0.1, -0.05) is 22.9 Å². The number of aryl methyl sites for hydroxylation is 1. The lowest BCUT2D eigenvalue weighted by molar-refractivity contribution is -0.110. The van der Waals surface area contributed by atoms with Crippen molar-refractivity contribution in [3.05, 3.63) is 54.1 Å². The van der Waals surface area contributed by atoms with Gasteiger partial charge in [0.15, 0.2) is 5.78 Å². The normalized spacial score (nSPS) is 14.6. The molecule has 0 saturated carbocycles. The van der Waals surface area contributed by atoms with Crippen LogP contribution in [0.1, 0.15) is 5.56 Å². The van der Waals surface area contributed by atoms with E-state index in [-0.39, 0.29) is 16.4 Å². The van der Waals surface area contributed by atoms with Gasteiger partial charge in [0.1, 0.15) is 10.6 Å². The van der Waals surface area contributed by atoms with Crippen LogP contribution in [0.25, 0.3) is 0 Å². The Hall–Kier alpha value is -2.21. The van der Waals surface area contributed by atoms with E-state index in [0.717, 1.165) is 5.56 Å². The molecule has 0 N–H and O–H groups in total. The number of allylic oxidation sites excluding steroid dienone is 4. The van der Waals surface area contributed by atoms with E-state index in [2.05, 4.69) is 9.44 Å². The molecule has 0 heterocycles. The molecule has 0 spiro atoms. The summed E-state index contributed by atoms with van der Waals surface area (Å²) in [4.78, 5) is 10.9. The molecule has 0 unspecified atom stereocenters. The third kappa shape index (κ3) is 3.38. The Balaban J connectivity index is 2.17. The molecule has 0 amide bonds. The summed E-state index contributed by atoms with van der Waals surface area (Å²) >= 11 is 0. The molecule has 1 aliphatic carbocycles. The lowest BCUT2D eigenvalue weighted by Crippen LogP contribution is -2.05. The van der Waals surface area contributed by atoms with E-state index in [4.69, 9.17) is 0 Å². The average molecular weight is 277 g/mol. The maximum atomic E-state index is 11.8. The van der Waals surface area contributed by atoms with Crippen molar-refractivity contribution in [2.45, 2.75) is 11.8 Å². The highest BCUT2D eigenvalue weighted by atomic mass is 32.2. The molecule has 1 aromatic rings. The van der Waals surface area contributed by atoms with Gasteiger partial charge in [-0.3, -0.25) is 9.08 Å². The van der Waals surface area contributed by atoms with Crippen molar-refractivity contribution in [1.29, 1.82) is 0 Å². The van der Waals surface area contributed by atoms with Crippen molar-refractivity contribution in [2.75, 3.05) is 0 Å². The second-order valence-corrected chi connectivity index (χ2v) is 5.46. The van der Waals surface area contributed by atoms with Crippen LogP contribution in [-0.4, -0.2) is 19.9 Å². The second kappa shape index (κ2) is 5.19. The van der Waals surface area contributed by atoms with Crippen molar-refractivity contribution < 1.29 is 17.5 Å². The van der Waals surface area contributed by atoms with Crippen LogP contribution >= 0.6 is 0 Å². The second-order valence-electron chi connectivity index (χ2n) is 3.93. The number of ketones is 1. The molecular formula is C13H11NO4S. The van der Waals surface area contributed by atoms with Crippen LogP contribution in [0, 0.1) is 6.92 Å². The molecule has 5 nitrogen and oxygen atoms in total. The summed E-state index contributed by atoms with van der Waals surface area (Å²) in [5, 5.41) is 3.49. The predicted octanol–water partition coefficient (Wildman–Crippen LogP) is 1.75. The van der Waals surface area contributed by atoms with E-state index in [1.54, 1.807) is 12.1 Å². The van der Waals surface area contributed by atoms with Crippen LogP contribution in [0.15, 0.2) is 58.6 Å². The molecule has 0 saturated heterocycles. The highest BCUT2D eigenvalue weighted by Gasteiger charge is 2.15. The Morgan fingerprint density at radius 2 is 1.58 bits per heavy atom. The topological polar surface area (TPSA) is 72.8 Å². The Morgan fingerprint density at radius 3 is 2.16 bits per heavy atom. The van der Waals surface area contributed by atoms with Crippen molar-refractivity contribution >= 4 is 21.6 Å². The summed E-state index contributed by atoms with van der Waals surface area (Å²) in [6.07, 6.45) is 5.32. The fourth-order valence-electron chi connectivity index (χ4n) is 1.35. The molecule has 0 radical (unpaired) electrons. The summed E-state index contributed by atoms with van der Waals surface area (Å²) in [6.45, 7) is 1.85. The van der Waals surface area contributed by atoms with Crippen molar-refractivity contribution in [1.82, 2.24) is 0 Å². The van der Waals surface area contributed by atoms with Crippen LogP contribution in [0.5, 0.6) is 0 Å². The molecule has 1 aromatic carbocycles. The third-order valence-corrected chi connectivity index (χ3v) is 3.51. The number of nitrogens with zero attached hydrogens (tertiary/aromatic N) is 1. The minimum atomic E-state index is -3.93. The van der Waals surface area contributed by atoms with Crippen LogP contribution in [-0.2, 0) is 19.2 Å². The molecule has 0 atom stereocenters. The van der Waals surface area contributed by atoms with E-state index in [0.29, 0.717) is 0 Å². The van der Waals surface area contributed by atoms with E-state index in [1.807, 2.05) is 6.92 Å². The van der Waals surface area contributed by atoms with Gasteiger partial charge in [-0.2, -0.15) is 8.42 Å². The number of carbonyl (C=O) groups excluding carboxylic acids is 1. The Morgan fingerprint density at radius 1 is 1.00 bits per heavy atom. The molecule has 2 rings (SSSR count). The zero-order chi connectivity index (χ0) is 13.9. The molecule has 0 aromatic heterocycles. The van der Waals surface area contributed by atoms with E-state index in [1.165, 1.54) is 36.4 Å². The number of benzene rings is 1. The molecule has 0 bridgehead atoms. The van der Waals surface area contributed by atoms with Gasteiger partial charge >= 0.3 is 10.1 Å². The predicted molar refractivity (Wildman–Crippen MR) is 70.2 cm³/mol. The van der Waals surface area contributed by atoms with Crippen LogP contribution in [0.3, 0.4) is 0 Å². The van der Waals surface area contributed by atoms with Gasteiger partial charge in [-0.25, -0.2) is 0 Å². The summed E-state index contributed by atoms with van der Waals surface area (Å²) in [6, 6.07) is 6.23. The van der Waals surface area contributed by atoms with Gasteiger partial charge in [0.05, 0.1) is 0 Å². The van der Waals surface area contributed by atoms with Crippen molar-refractivity contribution in [3.63, 3.8) is 0 Å². The molecular weight excluding hydrogens is 266 g/mol. The van der Waals surface area contributed by atoms with Gasteiger partial charge in [0.25, 0.3) is 0 Å². The lowest BCUT2D eigenvalue weighted by Gasteiger charge is -2.03. The van der Waals surface area contributed by atoms with Crippen molar-refractivity contribution in [3.8, 4) is 0 Å².